The third-order valence-corrected chi connectivity index (χ3v) is 7.14. The van der Waals surface area contributed by atoms with E-state index in [1.165, 1.54) is 10.6 Å². The van der Waals surface area contributed by atoms with Crippen LogP contribution in [0.5, 0.6) is 11.5 Å². The fourth-order valence-electron chi connectivity index (χ4n) is 5.12. The minimum Gasteiger partial charge on any atom is -0.509 e. The van der Waals surface area contributed by atoms with Gasteiger partial charge in [0.25, 0.3) is 0 Å². The van der Waals surface area contributed by atoms with Gasteiger partial charge in [-0.2, -0.15) is 17.1 Å². The number of benzene rings is 4. The topological polar surface area (TPSA) is 46.3 Å². The van der Waals surface area contributed by atoms with Gasteiger partial charge >= 0.3 is 0 Å². The van der Waals surface area contributed by atoms with Crippen molar-refractivity contribution >= 4 is 38.9 Å². The summed E-state index contributed by atoms with van der Waals surface area (Å²) in [5.74, 6) is 1.87. The van der Waals surface area contributed by atoms with Crippen LogP contribution in [0.3, 0.4) is 0 Å². The van der Waals surface area contributed by atoms with E-state index in [1.807, 2.05) is 66.9 Å². The Labute approximate surface area is 256 Å². The molecule has 1 aliphatic heterocycles. The Bertz CT molecular complexity index is 1950. The van der Waals surface area contributed by atoms with Gasteiger partial charge in [-0.15, -0.1) is 45.8 Å². The van der Waals surface area contributed by atoms with Crippen LogP contribution in [0.25, 0.3) is 27.6 Å². The van der Waals surface area contributed by atoms with Crippen LogP contribution in [0.1, 0.15) is 29.1 Å². The Kier molecular flexibility index (Phi) is 6.24. The van der Waals surface area contributed by atoms with Crippen molar-refractivity contribution in [3.05, 3.63) is 115 Å². The number of fused-ring (bicyclic) bond motifs is 4. The van der Waals surface area contributed by atoms with E-state index in [0.29, 0.717) is 22.9 Å². The van der Waals surface area contributed by atoms with E-state index in [4.69, 9.17) is 12.5 Å². The molecule has 0 fully saturated rings. The second kappa shape index (κ2) is 10.4. The zero-order valence-electron chi connectivity index (χ0n) is 24.8. The molecule has 7 heteroatoms. The Morgan fingerprint density at radius 1 is 0.829 bits per heavy atom. The van der Waals surface area contributed by atoms with E-state index in [0.717, 1.165) is 33.3 Å². The Hall–Kier alpha value is -4.12. The van der Waals surface area contributed by atoms with Crippen molar-refractivity contribution in [2.45, 2.75) is 26.2 Å². The first kappa shape index (κ1) is 24.7. The van der Waals surface area contributed by atoms with E-state index < -0.39 is 7.00 Å². The van der Waals surface area contributed by atoms with Crippen LogP contribution >= 0.6 is 0 Å². The van der Waals surface area contributed by atoms with Crippen molar-refractivity contribution in [2.75, 3.05) is 17.1 Å². The van der Waals surface area contributed by atoms with Gasteiger partial charge in [0.1, 0.15) is 17.2 Å². The molecule has 1 N–H and O–H groups in total. The number of hydrogen-bond donors (Lipinski definition) is 0. The number of ether oxygens (including phenoxy) is 1. The van der Waals surface area contributed by atoms with E-state index in [1.54, 1.807) is 5.06 Å². The van der Waals surface area contributed by atoms with Crippen LogP contribution in [-0.2, 0) is 26.5 Å². The molecule has 2 aromatic heterocycles. The molecule has 1 aliphatic rings. The van der Waals surface area contributed by atoms with Crippen molar-refractivity contribution in [3.8, 4) is 17.3 Å². The van der Waals surface area contributed by atoms with Crippen LogP contribution in [0.4, 0.5) is 17.1 Å². The summed E-state index contributed by atoms with van der Waals surface area (Å²) in [6.45, 7) is 5.32. The number of hydrogen-bond acceptors (Lipinski definition) is 4. The fraction of sp³-hybridized carbons (Fsp3) is 0.147. The number of anilines is 3. The number of aromatic nitrogens is 2. The van der Waals surface area contributed by atoms with Crippen molar-refractivity contribution in [3.63, 3.8) is 0 Å². The van der Waals surface area contributed by atoms with Gasteiger partial charge in [0, 0.05) is 50.0 Å². The Morgan fingerprint density at radius 3 is 2.44 bits per heavy atom. The second-order valence-electron chi connectivity index (χ2n) is 10.8. The maximum Gasteiger partial charge on any atom is 0.145 e. The molecule has 6 nitrogen and oxygen atoms in total. The average molecular weight is 723 g/mol. The molecule has 0 radical (unpaired) electrons. The van der Waals surface area contributed by atoms with Gasteiger partial charge in [-0.1, -0.05) is 56.6 Å². The molecule has 41 heavy (non-hydrogen) atoms. The maximum absolute atomic E-state index is 7.90. The SMILES string of the molecule is [2H]C([2H])N1[OH+]N(c2[c-]c(Oc3[c-]c4c(cc3)c3ccccc3n4-c3cc(C(C)(C)C)ccn3)ccc2)c2ccccc21.[Pt]. The number of nitrogens with zero attached hydrogens (tertiary/aromatic N) is 4. The molecule has 0 bridgehead atoms. The van der Waals surface area contributed by atoms with E-state index in [9.17, 15) is 0 Å². The zero-order valence-corrected chi connectivity index (χ0v) is 25.0. The molecule has 0 saturated heterocycles. The summed E-state index contributed by atoms with van der Waals surface area (Å²) in [4.78, 5) is 9.25. The zero-order chi connectivity index (χ0) is 29.0. The Balaban J connectivity index is 0.00000329. The molecule has 6 aromatic rings. The van der Waals surface area contributed by atoms with Crippen molar-refractivity contribution in [2.24, 2.45) is 0 Å². The van der Waals surface area contributed by atoms with Gasteiger partial charge in [-0.25, -0.2) is 4.98 Å². The molecule has 0 atom stereocenters. The number of pyridine rings is 1. The molecule has 0 saturated carbocycles. The molecule has 7 rings (SSSR count). The molecule has 0 amide bonds. The molecular formula is C34H29N4O2Pt-. The summed E-state index contributed by atoms with van der Waals surface area (Å²) in [5.41, 5.74) is 5.22. The third kappa shape index (κ3) is 4.77. The van der Waals surface area contributed by atoms with Crippen molar-refractivity contribution < 1.29 is 33.5 Å². The quantitative estimate of drug-likeness (QED) is 0.136. The summed E-state index contributed by atoms with van der Waals surface area (Å²) < 4.78 is 24.3. The number of hydroxylamine groups is 1. The molecule has 0 unspecified atom stereocenters. The van der Waals surface area contributed by atoms with Crippen LogP contribution < -0.4 is 14.9 Å². The predicted molar refractivity (Wildman–Crippen MR) is 160 cm³/mol. The average Bonchev–Trinajstić information content (AvgIpc) is 3.53. The molecular weight excluding hydrogens is 691 g/mol. The summed E-state index contributed by atoms with van der Waals surface area (Å²) in [7, 11) is 0. The third-order valence-electron chi connectivity index (χ3n) is 7.14. The van der Waals surface area contributed by atoms with E-state index >= 15 is 0 Å². The molecule has 208 valence electrons. The normalized spacial score (nSPS) is 13.8. The first-order valence-electron chi connectivity index (χ1n) is 14.3. The number of para-hydroxylation sites is 3. The largest absolute Gasteiger partial charge is 0.509 e. The maximum atomic E-state index is 7.90. The monoisotopic (exact) mass is 722 g/mol. The van der Waals surface area contributed by atoms with Gasteiger partial charge < -0.3 is 9.30 Å². The minimum absolute atomic E-state index is 0. The van der Waals surface area contributed by atoms with Crippen LogP contribution in [0.2, 0.25) is 0 Å². The van der Waals surface area contributed by atoms with Gasteiger partial charge in [0.15, 0.2) is 0 Å². The predicted octanol–water partition coefficient (Wildman–Crippen LogP) is 8.29. The van der Waals surface area contributed by atoms with Gasteiger partial charge in [0.05, 0.1) is 9.74 Å². The van der Waals surface area contributed by atoms with Crippen LogP contribution in [0, 0.1) is 12.1 Å². The van der Waals surface area contributed by atoms with Crippen molar-refractivity contribution in [1.29, 1.82) is 0 Å². The van der Waals surface area contributed by atoms with Crippen LogP contribution in [0.15, 0.2) is 97.2 Å². The summed E-state index contributed by atoms with van der Waals surface area (Å²) >= 11 is 0. The first-order chi connectivity index (χ1) is 20.3. The standard InChI is InChI=1S/C34H28N4O2.Pt/c1-34(2,3)23-18-19-35-33(20-23)37-29-13-6-5-12-27(29)28-17-16-26(22-32(28)37)39-25-11-9-10-24(21-25)38-31-15-8-7-14-30(31)36(4)40-38;/h5-20H,1-4H3;/q-2;/p+1/i4D2;. The van der Waals surface area contributed by atoms with Crippen LogP contribution in [-0.4, -0.2) is 21.5 Å². The first-order valence-corrected chi connectivity index (χ1v) is 13.1. The second-order valence-corrected chi connectivity index (χ2v) is 10.8. The summed E-state index contributed by atoms with van der Waals surface area (Å²) in [5, 5.41) is 5.22. The Morgan fingerprint density at radius 2 is 1.61 bits per heavy atom. The summed E-state index contributed by atoms with van der Waals surface area (Å²) in [6.07, 6.45) is 1.86. The van der Waals surface area contributed by atoms with Gasteiger partial charge in [-0.3, -0.25) is 0 Å². The van der Waals surface area contributed by atoms with E-state index in [2.05, 4.69) is 72.7 Å². The molecule has 0 aliphatic carbocycles. The van der Waals surface area contributed by atoms with Crippen molar-refractivity contribution in [1.82, 2.24) is 9.55 Å². The molecule has 0 spiro atoms. The van der Waals surface area contributed by atoms with Gasteiger partial charge in [0.2, 0.25) is 0 Å². The molecule has 3 heterocycles. The van der Waals surface area contributed by atoms with E-state index in [-0.39, 0.29) is 26.5 Å². The smallest absolute Gasteiger partial charge is 0.145 e. The van der Waals surface area contributed by atoms with Gasteiger partial charge in [-0.05, 0) is 46.7 Å². The summed E-state index contributed by atoms with van der Waals surface area (Å²) in [6, 6.07) is 36.4. The minimum atomic E-state index is -1.28. The molecule has 4 aromatic carbocycles. The fourth-order valence-corrected chi connectivity index (χ4v) is 5.12. The number of rotatable bonds is 4.